The summed E-state index contributed by atoms with van der Waals surface area (Å²) in [5, 5.41) is 0. The van der Waals surface area contributed by atoms with E-state index in [0.29, 0.717) is 0 Å². The van der Waals surface area contributed by atoms with E-state index in [9.17, 15) is 0 Å². The summed E-state index contributed by atoms with van der Waals surface area (Å²) >= 11 is 0. The molecule has 0 aliphatic carbocycles. The molecule has 0 N–H and O–H groups in total. The fourth-order valence-corrected chi connectivity index (χ4v) is 16.0. The highest BCUT2D eigenvalue weighted by Gasteiger charge is 2.35. The Bertz CT molecular complexity index is 705. The van der Waals surface area contributed by atoms with Gasteiger partial charge in [-0.25, -0.2) is 0 Å². The lowest BCUT2D eigenvalue weighted by Gasteiger charge is -2.28. The Balaban J connectivity index is 4.88. The van der Waals surface area contributed by atoms with E-state index in [1.165, 1.54) is 327 Å². The van der Waals surface area contributed by atoms with Gasteiger partial charge < -0.3 is 0 Å². The van der Waals surface area contributed by atoms with Crippen LogP contribution >= 0.6 is 7.26 Å². The van der Waals surface area contributed by atoms with Crippen molar-refractivity contribution in [2.24, 2.45) is 0 Å². The molecule has 0 saturated carbocycles. The summed E-state index contributed by atoms with van der Waals surface area (Å²) in [6.45, 7) is 9.35. The van der Waals surface area contributed by atoms with Crippen molar-refractivity contribution < 1.29 is 0 Å². The Labute approximate surface area is 410 Å². The molecular formula is C63H130P+. The molecule has 0 radical (unpaired) electrons. The summed E-state index contributed by atoms with van der Waals surface area (Å²) in [6.07, 6.45) is 88.8. The topological polar surface area (TPSA) is 0 Å². The van der Waals surface area contributed by atoms with Gasteiger partial charge in [0, 0.05) is 7.26 Å². The Hall–Kier alpha value is 0.430. The van der Waals surface area contributed by atoms with Crippen molar-refractivity contribution in [1.82, 2.24) is 0 Å². The van der Waals surface area contributed by atoms with Crippen molar-refractivity contribution >= 4 is 7.26 Å². The summed E-state index contributed by atoms with van der Waals surface area (Å²) in [6, 6.07) is 0. The Morgan fingerprint density at radius 3 is 0.328 bits per heavy atom. The van der Waals surface area contributed by atoms with E-state index >= 15 is 0 Å². The largest absolute Gasteiger partial charge is 0.0654 e. The molecule has 0 nitrogen and oxygen atoms in total. The minimum Gasteiger partial charge on any atom is -0.0654 e. The summed E-state index contributed by atoms with van der Waals surface area (Å²) < 4.78 is 0. The molecular weight excluding hydrogens is 788 g/mol. The second kappa shape index (κ2) is 57.7. The third-order valence-corrected chi connectivity index (χ3v) is 20.8. The monoisotopic (exact) mass is 918 g/mol. The Morgan fingerprint density at radius 2 is 0.219 bits per heavy atom. The molecule has 0 aliphatic rings. The molecule has 0 fully saturated rings. The molecule has 0 saturated heterocycles. The van der Waals surface area contributed by atoms with Crippen LogP contribution in [-0.2, 0) is 0 Å². The van der Waals surface area contributed by atoms with Gasteiger partial charge in [0.05, 0.1) is 24.6 Å². The fraction of sp³-hybridized carbons (Fsp3) is 1.00. The van der Waals surface area contributed by atoms with Crippen LogP contribution in [0.2, 0.25) is 0 Å². The van der Waals surface area contributed by atoms with Crippen LogP contribution in [0, 0.1) is 0 Å². The number of rotatable bonds is 59. The van der Waals surface area contributed by atoms with E-state index in [-0.39, 0.29) is 0 Å². The second-order valence-electron chi connectivity index (χ2n) is 22.3. The molecule has 0 unspecified atom stereocenters. The molecule has 0 aliphatic heterocycles. The quantitative estimate of drug-likeness (QED) is 0.0421. The van der Waals surface area contributed by atoms with Crippen LogP contribution in [0.15, 0.2) is 0 Å². The first kappa shape index (κ1) is 64.4. The molecule has 0 amide bonds. The number of hydrogen-bond donors (Lipinski definition) is 0. The molecule has 64 heavy (non-hydrogen) atoms. The second-order valence-corrected chi connectivity index (χ2v) is 26.7. The van der Waals surface area contributed by atoms with Crippen molar-refractivity contribution in [3.8, 4) is 0 Å². The lowest BCUT2D eigenvalue weighted by molar-refractivity contribution is 0.533. The Kier molecular flexibility index (Phi) is 58.1. The van der Waals surface area contributed by atoms with E-state index in [0.717, 1.165) is 0 Å². The van der Waals surface area contributed by atoms with E-state index < -0.39 is 7.26 Å². The van der Waals surface area contributed by atoms with Crippen molar-refractivity contribution in [3.05, 3.63) is 0 Å². The zero-order valence-corrected chi connectivity index (χ0v) is 47.1. The van der Waals surface area contributed by atoms with Crippen molar-refractivity contribution in [3.63, 3.8) is 0 Å². The first-order valence-corrected chi connectivity index (χ1v) is 34.1. The number of hydrogen-bond acceptors (Lipinski definition) is 0. The highest BCUT2D eigenvalue weighted by atomic mass is 31.2. The first-order chi connectivity index (χ1) is 31.7. The molecule has 0 bridgehead atoms. The van der Waals surface area contributed by atoms with E-state index in [1.54, 1.807) is 50.3 Å². The zero-order valence-electron chi connectivity index (χ0n) is 46.2. The highest BCUT2D eigenvalue weighted by molar-refractivity contribution is 7.75. The molecule has 0 spiro atoms. The van der Waals surface area contributed by atoms with E-state index in [1.807, 2.05) is 0 Å². The van der Waals surface area contributed by atoms with Crippen LogP contribution < -0.4 is 0 Å². The maximum atomic E-state index is 2.35. The van der Waals surface area contributed by atoms with Gasteiger partial charge in [0.2, 0.25) is 0 Å². The highest BCUT2D eigenvalue weighted by Crippen LogP contribution is 2.61. The standard InChI is InChI=1S/C63H130P/c1-5-9-13-17-21-25-29-32-35-38-41-45-49-53-57-61-64(60-56-52-48-44-28-24-20-16-12-8-4,62-58-54-50-46-42-39-36-33-30-26-22-18-14-10-6-2)63-59-55-51-47-43-40-37-34-31-27-23-19-15-11-7-3/h5-63H2,1-4H3/q+1. The lowest BCUT2D eigenvalue weighted by Crippen LogP contribution is -2.13. The third-order valence-electron chi connectivity index (χ3n) is 15.7. The SMILES string of the molecule is CCCCCCCCCCCCCCCCC[P+](CCCCCCCCCCCC)(CCCCCCCCCCCCCCCCC)CCCCCCCCCCCCCCCCC. The summed E-state index contributed by atoms with van der Waals surface area (Å²) in [7, 11) is -0.830. The molecule has 0 heterocycles. The third kappa shape index (κ3) is 51.8. The molecule has 0 rings (SSSR count). The van der Waals surface area contributed by atoms with E-state index in [4.69, 9.17) is 0 Å². The lowest BCUT2D eigenvalue weighted by atomic mass is 10.0. The molecule has 386 valence electrons. The van der Waals surface area contributed by atoms with Crippen LogP contribution in [-0.4, -0.2) is 24.6 Å². The van der Waals surface area contributed by atoms with Crippen LogP contribution in [0.5, 0.6) is 0 Å². The van der Waals surface area contributed by atoms with Crippen molar-refractivity contribution in [2.75, 3.05) is 24.6 Å². The van der Waals surface area contributed by atoms with Gasteiger partial charge in [0.15, 0.2) is 0 Å². The van der Waals surface area contributed by atoms with Crippen molar-refractivity contribution in [1.29, 1.82) is 0 Å². The molecule has 1 heteroatoms. The van der Waals surface area contributed by atoms with Crippen LogP contribution in [0.1, 0.15) is 381 Å². The van der Waals surface area contributed by atoms with Gasteiger partial charge in [-0.3, -0.25) is 0 Å². The predicted molar refractivity (Wildman–Crippen MR) is 303 cm³/mol. The van der Waals surface area contributed by atoms with Gasteiger partial charge in [-0.15, -0.1) is 0 Å². The first-order valence-electron chi connectivity index (χ1n) is 31.6. The Morgan fingerprint density at radius 1 is 0.125 bits per heavy atom. The van der Waals surface area contributed by atoms with Gasteiger partial charge in [0.1, 0.15) is 0 Å². The number of unbranched alkanes of at least 4 members (excludes halogenated alkanes) is 51. The molecule has 0 aromatic carbocycles. The van der Waals surface area contributed by atoms with Gasteiger partial charge in [-0.05, 0) is 51.4 Å². The van der Waals surface area contributed by atoms with E-state index in [2.05, 4.69) is 27.7 Å². The maximum Gasteiger partial charge on any atom is 0.0594 e. The van der Waals surface area contributed by atoms with Gasteiger partial charge in [-0.2, -0.15) is 0 Å². The van der Waals surface area contributed by atoms with Crippen molar-refractivity contribution in [2.45, 2.75) is 381 Å². The molecule has 0 aromatic heterocycles. The summed E-state index contributed by atoms with van der Waals surface area (Å²) in [5.74, 6) is 0. The summed E-state index contributed by atoms with van der Waals surface area (Å²) in [5.41, 5.74) is 0. The summed E-state index contributed by atoms with van der Waals surface area (Å²) in [4.78, 5) is 0. The van der Waals surface area contributed by atoms with Gasteiger partial charge in [-0.1, -0.05) is 329 Å². The minimum atomic E-state index is -0.830. The fourth-order valence-electron chi connectivity index (χ4n) is 11.1. The normalized spacial score (nSPS) is 12.0. The average molecular weight is 919 g/mol. The maximum absolute atomic E-state index is 2.35. The van der Waals surface area contributed by atoms with Gasteiger partial charge in [0.25, 0.3) is 0 Å². The minimum absolute atomic E-state index is 0.830. The van der Waals surface area contributed by atoms with Crippen LogP contribution in [0.4, 0.5) is 0 Å². The average Bonchev–Trinajstić information content (AvgIpc) is 3.30. The zero-order chi connectivity index (χ0) is 46.2. The van der Waals surface area contributed by atoms with Crippen LogP contribution in [0.25, 0.3) is 0 Å². The van der Waals surface area contributed by atoms with Crippen LogP contribution in [0.3, 0.4) is 0 Å². The predicted octanol–water partition coefficient (Wildman–Crippen LogP) is 24.5. The molecule has 0 aromatic rings. The smallest absolute Gasteiger partial charge is 0.0594 e. The van der Waals surface area contributed by atoms with Gasteiger partial charge >= 0.3 is 0 Å². The molecule has 0 atom stereocenters.